The van der Waals surface area contributed by atoms with Gasteiger partial charge in [-0.15, -0.1) is 0 Å². The van der Waals surface area contributed by atoms with Gasteiger partial charge in [-0.05, 0) is 30.5 Å². The molecule has 1 aromatic carbocycles. The molecule has 1 aliphatic heterocycles. The number of halogens is 1. The second kappa shape index (κ2) is 5.35. The number of benzene rings is 1. The first kappa shape index (κ1) is 12.7. The average molecular weight is 277 g/mol. The van der Waals surface area contributed by atoms with E-state index in [0.29, 0.717) is 0 Å². The Hall–Kier alpha value is -1.32. The van der Waals surface area contributed by atoms with Crippen LogP contribution in [0, 0.1) is 0 Å². The van der Waals surface area contributed by atoms with Crippen LogP contribution in [0.2, 0.25) is 5.02 Å². The fourth-order valence-corrected chi connectivity index (χ4v) is 2.96. The molecule has 0 bridgehead atoms. The summed E-state index contributed by atoms with van der Waals surface area (Å²) in [5, 5.41) is 10.2. The summed E-state index contributed by atoms with van der Waals surface area (Å²) in [6.07, 6.45) is 6.02. The summed E-state index contributed by atoms with van der Waals surface area (Å²) in [5.74, 6) is 1.10. The van der Waals surface area contributed by atoms with Gasteiger partial charge in [0.05, 0.1) is 18.3 Å². The van der Waals surface area contributed by atoms with Gasteiger partial charge in [0.1, 0.15) is 5.82 Å². The van der Waals surface area contributed by atoms with E-state index < -0.39 is 0 Å². The molecule has 19 heavy (non-hydrogen) atoms. The summed E-state index contributed by atoms with van der Waals surface area (Å²) < 4.78 is 2.14. The Morgan fingerprint density at radius 2 is 2.32 bits per heavy atom. The second-order valence-electron chi connectivity index (χ2n) is 5.09. The van der Waals surface area contributed by atoms with Crippen molar-refractivity contribution < 1.29 is 5.11 Å². The van der Waals surface area contributed by atoms with E-state index in [1.807, 2.05) is 18.2 Å². The lowest BCUT2D eigenvalue weighted by atomic mass is 10.1. The quantitative estimate of drug-likeness (QED) is 0.936. The van der Waals surface area contributed by atoms with Crippen LogP contribution in [0.5, 0.6) is 0 Å². The van der Waals surface area contributed by atoms with E-state index in [4.69, 9.17) is 11.6 Å². The van der Waals surface area contributed by atoms with E-state index in [1.54, 1.807) is 0 Å². The molecule has 3 rings (SSSR count). The normalized spacial score (nSPS) is 18.3. The van der Waals surface area contributed by atoms with Gasteiger partial charge in [-0.25, -0.2) is 4.98 Å². The van der Waals surface area contributed by atoms with Crippen LogP contribution < -0.4 is 0 Å². The number of fused-ring (bicyclic) bond motifs is 1. The van der Waals surface area contributed by atoms with E-state index in [2.05, 4.69) is 21.8 Å². The highest BCUT2D eigenvalue weighted by Crippen LogP contribution is 2.25. The summed E-state index contributed by atoms with van der Waals surface area (Å²) in [6, 6.07) is 8.08. The van der Waals surface area contributed by atoms with Gasteiger partial charge in [-0.2, -0.15) is 0 Å². The summed E-state index contributed by atoms with van der Waals surface area (Å²) in [4.78, 5) is 4.68. The number of nitrogens with zero attached hydrogens (tertiary/aromatic N) is 2. The number of aliphatic hydroxyl groups excluding tert-OH is 1. The number of aromatic nitrogens is 2. The van der Waals surface area contributed by atoms with Crippen molar-refractivity contribution in [1.82, 2.24) is 9.55 Å². The standard InChI is InChI=1S/C15H17ClN2O/c16-12-4-1-3-11(7-12)8-13-9-18-14(10-19)5-2-6-15(18)17-13/h1,3-4,7,9,14,19H,2,5-6,8,10H2. The van der Waals surface area contributed by atoms with E-state index in [0.717, 1.165) is 42.2 Å². The molecule has 0 radical (unpaired) electrons. The minimum atomic E-state index is 0.194. The molecular formula is C15H17ClN2O. The van der Waals surface area contributed by atoms with Gasteiger partial charge < -0.3 is 9.67 Å². The molecule has 4 heteroatoms. The first-order valence-electron chi connectivity index (χ1n) is 6.68. The molecule has 1 unspecified atom stereocenters. The van der Waals surface area contributed by atoms with Crippen molar-refractivity contribution in [2.45, 2.75) is 31.7 Å². The molecule has 2 aromatic rings. The van der Waals surface area contributed by atoms with Crippen LogP contribution in [-0.2, 0) is 12.8 Å². The largest absolute Gasteiger partial charge is 0.394 e. The Morgan fingerprint density at radius 1 is 1.42 bits per heavy atom. The first-order chi connectivity index (χ1) is 9.26. The third kappa shape index (κ3) is 2.67. The molecule has 0 saturated carbocycles. The molecule has 2 heterocycles. The van der Waals surface area contributed by atoms with Crippen molar-refractivity contribution in [2.75, 3.05) is 6.61 Å². The third-order valence-corrected chi connectivity index (χ3v) is 3.91. The summed E-state index contributed by atoms with van der Waals surface area (Å²) in [7, 11) is 0. The fourth-order valence-electron chi connectivity index (χ4n) is 2.74. The van der Waals surface area contributed by atoms with E-state index in [9.17, 15) is 5.11 Å². The predicted octanol–water partition coefficient (Wildman–Crippen LogP) is 3.00. The molecule has 100 valence electrons. The van der Waals surface area contributed by atoms with E-state index in [-0.39, 0.29) is 12.6 Å². The molecule has 1 N–H and O–H groups in total. The predicted molar refractivity (Wildman–Crippen MR) is 75.5 cm³/mol. The minimum absolute atomic E-state index is 0.194. The number of hydrogen-bond donors (Lipinski definition) is 1. The average Bonchev–Trinajstić information content (AvgIpc) is 2.80. The molecule has 1 atom stereocenters. The van der Waals surface area contributed by atoms with Crippen molar-refractivity contribution in [2.24, 2.45) is 0 Å². The van der Waals surface area contributed by atoms with Crippen molar-refractivity contribution >= 4 is 11.6 Å². The Bertz CT molecular complexity index is 579. The highest BCUT2D eigenvalue weighted by atomic mass is 35.5. The zero-order chi connectivity index (χ0) is 13.2. The summed E-state index contributed by atoms with van der Waals surface area (Å²) >= 11 is 6.00. The van der Waals surface area contributed by atoms with Crippen molar-refractivity contribution in [1.29, 1.82) is 0 Å². The van der Waals surface area contributed by atoms with Gasteiger partial charge in [0.15, 0.2) is 0 Å². The molecule has 0 aliphatic carbocycles. The topological polar surface area (TPSA) is 38.1 Å². The molecule has 0 spiro atoms. The SMILES string of the molecule is OCC1CCCc2nc(Cc3cccc(Cl)c3)cn21. The molecule has 1 aliphatic rings. The Kier molecular flexibility index (Phi) is 3.58. The molecule has 0 saturated heterocycles. The lowest BCUT2D eigenvalue weighted by molar-refractivity contribution is 0.206. The Morgan fingerprint density at radius 3 is 3.11 bits per heavy atom. The number of hydrogen-bond acceptors (Lipinski definition) is 2. The second-order valence-corrected chi connectivity index (χ2v) is 5.53. The third-order valence-electron chi connectivity index (χ3n) is 3.67. The van der Waals surface area contributed by atoms with Crippen LogP contribution in [0.3, 0.4) is 0 Å². The lowest BCUT2D eigenvalue weighted by Gasteiger charge is -2.22. The van der Waals surface area contributed by atoms with Gasteiger partial charge in [0.25, 0.3) is 0 Å². The van der Waals surface area contributed by atoms with Crippen molar-refractivity contribution in [3.05, 3.63) is 52.6 Å². The lowest BCUT2D eigenvalue weighted by Crippen LogP contribution is -2.20. The summed E-state index contributed by atoms with van der Waals surface area (Å²) in [5.41, 5.74) is 2.22. The minimum Gasteiger partial charge on any atom is -0.394 e. The smallest absolute Gasteiger partial charge is 0.109 e. The van der Waals surface area contributed by atoms with Crippen LogP contribution in [0.25, 0.3) is 0 Å². The number of aryl methyl sites for hydroxylation is 1. The summed E-state index contributed by atoms with van der Waals surface area (Å²) in [6.45, 7) is 0.194. The van der Waals surface area contributed by atoms with Gasteiger partial charge >= 0.3 is 0 Å². The monoisotopic (exact) mass is 276 g/mol. The van der Waals surface area contributed by atoms with E-state index in [1.165, 1.54) is 5.56 Å². The molecule has 0 fully saturated rings. The maximum Gasteiger partial charge on any atom is 0.109 e. The number of aliphatic hydroxyl groups is 1. The van der Waals surface area contributed by atoms with E-state index >= 15 is 0 Å². The Labute approximate surface area is 117 Å². The fraction of sp³-hybridized carbons (Fsp3) is 0.400. The zero-order valence-corrected chi connectivity index (χ0v) is 11.5. The van der Waals surface area contributed by atoms with Gasteiger partial charge in [-0.1, -0.05) is 23.7 Å². The van der Waals surface area contributed by atoms with Crippen molar-refractivity contribution in [3.8, 4) is 0 Å². The Balaban J connectivity index is 1.85. The van der Waals surface area contributed by atoms with Crippen LogP contribution in [-0.4, -0.2) is 21.3 Å². The molecule has 1 aromatic heterocycles. The number of imidazole rings is 1. The van der Waals surface area contributed by atoms with Gasteiger partial charge in [0, 0.05) is 24.1 Å². The highest BCUT2D eigenvalue weighted by molar-refractivity contribution is 6.30. The molecule has 3 nitrogen and oxygen atoms in total. The van der Waals surface area contributed by atoms with Crippen LogP contribution in [0.1, 0.15) is 36.0 Å². The zero-order valence-electron chi connectivity index (χ0n) is 10.7. The van der Waals surface area contributed by atoms with Crippen LogP contribution in [0.4, 0.5) is 0 Å². The van der Waals surface area contributed by atoms with Gasteiger partial charge in [-0.3, -0.25) is 0 Å². The van der Waals surface area contributed by atoms with Gasteiger partial charge in [0.2, 0.25) is 0 Å². The highest BCUT2D eigenvalue weighted by Gasteiger charge is 2.20. The maximum absolute atomic E-state index is 9.41. The number of rotatable bonds is 3. The molecular weight excluding hydrogens is 260 g/mol. The molecule has 0 amide bonds. The van der Waals surface area contributed by atoms with Crippen LogP contribution in [0.15, 0.2) is 30.5 Å². The maximum atomic E-state index is 9.41. The van der Waals surface area contributed by atoms with Crippen molar-refractivity contribution in [3.63, 3.8) is 0 Å². The van der Waals surface area contributed by atoms with Crippen LogP contribution >= 0.6 is 11.6 Å². The first-order valence-corrected chi connectivity index (χ1v) is 7.06.